The predicted molar refractivity (Wildman–Crippen MR) is 50.7 cm³/mol. The monoisotopic (exact) mass is 200 g/mol. The van der Waals surface area contributed by atoms with Crippen LogP contribution < -0.4 is 0 Å². The molecule has 0 aliphatic heterocycles. The molecule has 0 saturated carbocycles. The fourth-order valence-corrected chi connectivity index (χ4v) is 1.37. The van der Waals surface area contributed by atoms with Gasteiger partial charge in [0.05, 0.1) is 19.8 Å². The van der Waals surface area contributed by atoms with Crippen LogP contribution in [-0.4, -0.2) is 40.6 Å². The minimum absolute atomic E-state index is 0.0759. The van der Waals surface area contributed by atoms with Crippen molar-refractivity contribution < 1.29 is 9.84 Å². The summed E-state index contributed by atoms with van der Waals surface area (Å²) in [6.45, 7) is 1.09. The van der Waals surface area contributed by atoms with Gasteiger partial charge in [0.15, 0.2) is 5.16 Å². The van der Waals surface area contributed by atoms with E-state index in [0.717, 1.165) is 10.9 Å². The quantitative estimate of drug-likeness (QED) is 0.413. The molecule has 0 aliphatic carbocycles. The van der Waals surface area contributed by atoms with E-state index in [0.29, 0.717) is 13.2 Å². The smallest absolute Gasteiger partial charge is 0.187 e. The molecule has 72 valence electrons. The molecule has 0 unspecified atom stereocenters. The van der Waals surface area contributed by atoms with Gasteiger partial charge in [0.1, 0.15) is 0 Å². The number of hydrogen-bond donors (Lipinski definition) is 1. The Morgan fingerprint density at radius 1 is 1.31 bits per heavy atom. The second-order valence-electron chi connectivity index (χ2n) is 2.22. The number of ether oxygens (including phenoxy) is 1. The van der Waals surface area contributed by atoms with E-state index in [2.05, 4.69) is 9.97 Å². The van der Waals surface area contributed by atoms with E-state index in [1.807, 2.05) is 0 Å². The number of aliphatic hydroxyl groups excluding tert-OH is 1. The van der Waals surface area contributed by atoms with Crippen molar-refractivity contribution in [2.75, 3.05) is 25.6 Å². The Morgan fingerprint density at radius 3 is 2.77 bits per heavy atom. The molecule has 4 nitrogen and oxygen atoms in total. The third-order valence-corrected chi connectivity index (χ3v) is 2.08. The first kappa shape index (κ1) is 10.4. The Labute approximate surface area is 81.4 Å². The minimum atomic E-state index is 0.0759. The van der Waals surface area contributed by atoms with Crippen LogP contribution in [0.15, 0.2) is 23.6 Å². The van der Waals surface area contributed by atoms with E-state index in [9.17, 15) is 0 Å². The van der Waals surface area contributed by atoms with Crippen LogP contribution in [0.4, 0.5) is 0 Å². The molecule has 1 rings (SSSR count). The van der Waals surface area contributed by atoms with Gasteiger partial charge < -0.3 is 9.84 Å². The standard InChI is InChI=1S/C8H12N2O2S/c11-4-5-12-6-7-13-8-9-2-1-3-10-8/h1-3,11H,4-7H2. The summed E-state index contributed by atoms with van der Waals surface area (Å²) in [7, 11) is 0. The second-order valence-corrected chi connectivity index (χ2v) is 3.28. The topological polar surface area (TPSA) is 55.2 Å². The molecule has 5 heteroatoms. The summed E-state index contributed by atoms with van der Waals surface area (Å²) in [5, 5.41) is 9.19. The Bertz CT molecular complexity index is 221. The van der Waals surface area contributed by atoms with E-state index in [-0.39, 0.29) is 6.61 Å². The maximum absolute atomic E-state index is 8.43. The molecule has 0 radical (unpaired) electrons. The van der Waals surface area contributed by atoms with E-state index in [1.54, 1.807) is 30.2 Å². The first-order valence-corrected chi connectivity index (χ1v) is 5.00. The molecular formula is C8H12N2O2S. The van der Waals surface area contributed by atoms with Gasteiger partial charge in [-0.3, -0.25) is 0 Å². The van der Waals surface area contributed by atoms with E-state index < -0.39 is 0 Å². The summed E-state index contributed by atoms with van der Waals surface area (Å²) in [6, 6.07) is 1.78. The lowest BCUT2D eigenvalue weighted by Gasteiger charge is -2.00. The Hall–Kier alpha value is -0.650. The number of hydrogen-bond acceptors (Lipinski definition) is 5. The van der Waals surface area contributed by atoms with Gasteiger partial charge in [-0.15, -0.1) is 0 Å². The normalized spacial score (nSPS) is 10.2. The van der Waals surface area contributed by atoms with Gasteiger partial charge in [-0.2, -0.15) is 0 Å². The van der Waals surface area contributed by atoms with E-state index in [1.165, 1.54) is 0 Å². The third-order valence-electron chi connectivity index (χ3n) is 1.24. The van der Waals surface area contributed by atoms with Crippen molar-refractivity contribution in [2.45, 2.75) is 5.16 Å². The molecular weight excluding hydrogens is 188 g/mol. The maximum atomic E-state index is 8.43. The zero-order chi connectivity index (χ0) is 9.36. The summed E-state index contributed by atoms with van der Waals surface area (Å²) in [6.07, 6.45) is 3.42. The molecule has 1 N–H and O–H groups in total. The largest absolute Gasteiger partial charge is 0.394 e. The van der Waals surface area contributed by atoms with Crippen LogP contribution in [0.2, 0.25) is 0 Å². The van der Waals surface area contributed by atoms with Crippen molar-refractivity contribution in [2.24, 2.45) is 0 Å². The number of nitrogens with zero attached hydrogens (tertiary/aromatic N) is 2. The number of thioether (sulfide) groups is 1. The van der Waals surface area contributed by atoms with Gasteiger partial charge in [0.2, 0.25) is 0 Å². The number of rotatable bonds is 6. The molecule has 1 aromatic rings. The van der Waals surface area contributed by atoms with E-state index in [4.69, 9.17) is 9.84 Å². The SMILES string of the molecule is OCCOCCSc1ncccn1. The highest BCUT2D eigenvalue weighted by Crippen LogP contribution is 2.09. The molecule has 0 saturated heterocycles. The predicted octanol–water partition coefficient (Wildman–Crippen LogP) is 0.578. The van der Waals surface area contributed by atoms with Gasteiger partial charge in [-0.1, -0.05) is 11.8 Å². The molecule has 0 spiro atoms. The molecule has 13 heavy (non-hydrogen) atoms. The summed E-state index contributed by atoms with van der Waals surface area (Å²) in [5.74, 6) is 0.810. The number of aliphatic hydroxyl groups is 1. The lowest BCUT2D eigenvalue weighted by Crippen LogP contribution is -2.02. The van der Waals surface area contributed by atoms with Gasteiger partial charge in [0, 0.05) is 18.1 Å². The minimum Gasteiger partial charge on any atom is -0.394 e. The van der Waals surface area contributed by atoms with Gasteiger partial charge in [-0.25, -0.2) is 9.97 Å². The van der Waals surface area contributed by atoms with Crippen LogP contribution in [0.5, 0.6) is 0 Å². The van der Waals surface area contributed by atoms with Crippen LogP contribution in [0.3, 0.4) is 0 Å². The van der Waals surface area contributed by atoms with Crippen molar-refractivity contribution in [1.82, 2.24) is 9.97 Å². The first-order chi connectivity index (χ1) is 6.43. The molecule has 0 aromatic carbocycles. The van der Waals surface area contributed by atoms with Crippen molar-refractivity contribution in [3.8, 4) is 0 Å². The van der Waals surface area contributed by atoms with Gasteiger partial charge in [0.25, 0.3) is 0 Å². The highest BCUT2D eigenvalue weighted by Gasteiger charge is 1.94. The molecule has 1 aromatic heterocycles. The Morgan fingerprint density at radius 2 is 2.08 bits per heavy atom. The molecule has 0 atom stereocenters. The molecule has 0 amide bonds. The zero-order valence-electron chi connectivity index (χ0n) is 7.22. The fraction of sp³-hybridized carbons (Fsp3) is 0.500. The fourth-order valence-electron chi connectivity index (χ4n) is 0.718. The highest BCUT2D eigenvalue weighted by atomic mass is 32.2. The molecule has 0 aliphatic rings. The van der Waals surface area contributed by atoms with Gasteiger partial charge in [-0.05, 0) is 6.07 Å². The zero-order valence-corrected chi connectivity index (χ0v) is 8.04. The third kappa shape index (κ3) is 4.82. The Balaban J connectivity index is 2.07. The summed E-state index contributed by atoms with van der Waals surface area (Å²) < 4.78 is 5.08. The highest BCUT2D eigenvalue weighted by molar-refractivity contribution is 7.99. The summed E-state index contributed by atoms with van der Waals surface area (Å²) in [4.78, 5) is 8.09. The molecule has 0 bridgehead atoms. The Kier molecular flexibility index (Phi) is 5.47. The summed E-state index contributed by atoms with van der Waals surface area (Å²) >= 11 is 1.54. The molecule has 1 heterocycles. The lowest BCUT2D eigenvalue weighted by molar-refractivity contribution is 0.103. The van der Waals surface area contributed by atoms with Crippen LogP contribution in [0, 0.1) is 0 Å². The summed E-state index contributed by atoms with van der Waals surface area (Å²) in [5.41, 5.74) is 0. The van der Waals surface area contributed by atoms with Crippen molar-refractivity contribution >= 4 is 11.8 Å². The van der Waals surface area contributed by atoms with Crippen molar-refractivity contribution in [3.05, 3.63) is 18.5 Å². The average Bonchev–Trinajstić information content (AvgIpc) is 2.19. The molecule has 0 fully saturated rings. The van der Waals surface area contributed by atoms with Crippen LogP contribution in [0.1, 0.15) is 0 Å². The maximum Gasteiger partial charge on any atom is 0.187 e. The van der Waals surface area contributed by atoms with Crippen LogP contribution in [0.25, 0.3) is 0 Å². The lowest BCUT2D eigenvalue weighted by atomic mass is 10.7. The van der Waals surface area contributed by atoms with Crippen LogP contribution >= 0.6 is 11.8 Å². The average molecular weight is 200 g/mol. The van der Waals surface area contributed by atoms with E-state index >= 15 is 0 Å². The number of aromatic nitrogens is 2. The van der Waals surface area contributed by atoms with Crippen LogP contribution in [-0.2, 0) is 4.74 Å². The van der Waals surface area contributed by atoms with Crippen molar-refractivity contribution in [1.29, 1.82) is 0 Å². The van der Waals surface area contributed by atoms with Gasteiger partial charge >= 0.3 is 0 Å². The van der Waals surface area contributed by atoms with Crippen molar-refractivity contribution in [3.63, 3.8) is 0 Å². The first-order valence-electron chi connectivity index (χ1n) is 4.02. The second kappa shape index (κ2) is 6.82.